The Morgan fingerprint density at radius 3 is 2.22 bits per heavy atom. The Morgan fingerprint density at radius 2 is 1.65 bits per heavy atom. The van der Waals surface area contributed by atoms with E-state index in [2.05, 4.69) is 29.8 Å². The van der Waals surface area contributed by atoms with Crippen LogP contribution in [0.2, 0.25) is 0 Å². The highest BCUT2D eigenvalue weighted by molar-refractivity contribution is 9.10. The zero-order valence-corrected chi connectivity index (χ0v) is 15.2. The number of benzene rings is 1. The van der Waals surface area contributed by atoms with Gasteiger partial charge in [0.2, 0.25) is 0 Å². The van der Waals surface area contributed by atoms with Crippen LogP contribution >= 0.6 is 15.9 Å². The molecule has 126 valence electrons. The summed E-state index contributed by atoms with van der Waals surface area (Å²) in [6, 6.07) is 3.74. The second-order valence-electron chi connectivity index (χ2n) is 7.47. The van der Waals surface area contributed by atoms with Gasteiger partial charge in [0.1, 0.15) is 0 Å². The molecule has 1 aromatic carbocycles. The third kappa shape index (κ3) is 3.08. The lowest BCUT2D eigenvalue weighted by atomic mass is 9.69. The number of carboxylic acid groups (broad SMARTS) is 1. The first-order valence-electron chi connectivity index (χ1n) is 8.17. The van der Waals surface area contributed by atoms with E-state index in [0.717, 1.165) is 29.3 Å². The molecule has 3 rings (SSSR count). The number of hydrogen-bond acceptors (Lipinski definition) is 3. The number of halogens is 1. The van der Waals surface area contributed by atoms with Crippen molar-refractivity contribution in [2.45, 2.75) is 51.4 Å². The summed E-state index contributed by atoms with van der Waals surface area (Å²) in [5.41, 5.74) is -0.0788. The molecule has 1 aromatic rings. The van der Waals surface area contributed by atoms with Crippen LogP contribution in [0.3, 0.4) is 0 Å². The van der Waals surface area contributed by atoms with Crippen molar-refractivity contribution in [3.63, 3.8) is 0 Å². The average Bonchev–Trinajstić information content (AvgIpc) is 2.66. The fourth-order valence-electron chi connectivity index (χ4n) is 3.47. The van der Waals surface area contributed by atoms with Crippen molar-refractivity contribution in [1.82, 2.24) is 0 Å². The lowest BCUT2D eigenvalue weighted by Gasteiger charge is -2.34. The number of hydrogen-bond donors (Lipinski definition) is 1. The average molecular weight is 383 g/mol. The minimum absolute atomic E-state index is 0.0685. The zero-order chi connectivity index (χ0) is 16.7. The van der Waals surface area contributed by atoms with Crippen LogP contribution in [-0.4, -0.2) is 24.3 Å². The fourth-order valence-corrected chi connectivity index (χ4v) is 4.17. The zero-order valence-electron chi connectivity index (χ0n) is 13.7. The molecule has 1 fully saturated rings. The van der Waals surface area contributed by atoms with E-state index in [9.17, 15) is 9.90 Å². The molecule has 0 unspecified atom stereocenters. The van der Waals surface area contributed by atoms with Crippen molar-refractivity contribution in [2.75, 3.05) is 13.2 Å². The van der Waals surface area contributed by atoms with Crippen LogP contribution < -0.4 is 9.47 Å². The maximum absolute atomic E-state index is 12.1. The smallest absolute Gasteiger partial charge is 0.314 e. The number of fused-ring (bicyclic) bond motifs is 1. The molecule has 2 aliphatic rings. The Kier molecular flexibility index (Phi) is 4.34. The van der Waals surface area contributed by atoms with E-state index in [0.29, 0.717) is 37.6 Å². The topological polar surface area (TPSA) is 55.8 Å². The Hall–Kier alpha value is -1.23. The largest absolute Gasteiger partial charge is 0.489 e. The summed E-state index contributed by atoms with van der Waals surface area (Å²) < 4.78 is 12.6. The van der Waals surface area contributed by atoms with E-state index in [4.69, 9.17) is 9.47 Å². The molecular formula is C18H23BrO4. The lowest BCUT2D eigenvalue weighted by molar-refractivity contribution is -0.145. The van der Waals surface area contributed by atoms with Crippen LogP contribution in [0.5, 0.6) is 11.5 Å². The van der Waals surface area contributed by atoms with Gasteiger partial charge in [-0.05, 0) is 30.5 Å². The lowest BCUT2D eigenvalue weighted by Crippen LogP contribution is -2.38. The first-order valence-corrected chi connectivity index (χ1v) is 8.96. The molecule has 1 heterocycles. The molecule has 1 N–H and O–H groups in total. The molecule has 1 saturated carbocycles. The van der Waals surface area contributed by atoms with Crippen LogP contribution in [0.15, 0.2) is 16.6 Å². The van der Waals surface area contributed by atoms with Gasteiger partial charge in [0, 0.05) is 9.89 Å². The molecule has 4 nitrogen and oxygen atoms in total. The first-order chi connectivity index (χ1) is 10.8. The van der Waals surface area contributed by atoms with E-state index >= 15 is 0 Å². The van der Waals surface area contributed by atoms with Gasteiger partial charge in [-0.1, -0.05) is 49.0 Å². The third-order valence-electron chi connectivity index (χ3n) is 4.90. The molecule has 1 aliphatic carbocycles. The monoisotopic (exact) mass is 382 g/mol. The maximum atomic E-state index is 12.1. The van der Waals surface area contributed by atoms with Crippen molar-refractivity contribution in [3.05, 3.63) is 22.2 Å². The van der Waals surface area contributed by atoms with Crippen molar-refractivity contribution in [3.8, 4) is 11.5 Å². The number of ether oxygens (including phenoxy) is 2. The van der Waals surface area contributed by atoms with Gasteiger partial charge >= 0.3 is 5.97 Å². The van der Waals surface area contributed by atoms with E-state index < -0.39 is 11.4 Å². The molecule has 5 heteroatoms. The molecule has 0 atom stereocenters. The normalized spacial score (nSPS) is 22.2. The highest BCUT2D eigenvalue weighted by Gasteiger charge is 2.43. The number of carboxylic acids is 1. The Balaban J connectivity index is 2.04. The van der Waals surface area contributed by atoms with Gasteiger partial charge in [-0.2, -0.15) is 0 Å². The summed E-state index contributed by atoms with van der Waals surface area (Å²) in [7, 11) is 0. The second-order valence-corrected chi connectivity index (χ2v) is 8.32. The van der Waals surface area contributed by atoms with Crippen LogP contribution in [0.1, 0.15) is 51.5 Å². The van der Waals surface area contributed by atoms with E-state index in [-0.39, 0.29) is 5.41 Å². The minimum atomic E-state index is -0.822. The summed E-state index contributed by atoms with van der Waals surface area (Å²) in [4.78, 5) is 12.1. The molecule has 0 saturated heterocycles. The summed E-state index contributed by atoms with van der Waals surface area (Å²) in [6.45, 7) is 5.32. The van der Waals surface area contributed by atoms with Gasteiger partial charge in [0.25, 0.3) is 0 Å². The minimum Gasteiger partial charge on any atom is -0.489 e. The predicted octanol–water partition coefficient (Wildman–Crippen LogP) is 4.53. The summed E-state index contributed by atoms with van der Waals surface area (Å²) >= 11 is 3.57. The third-order valence-corrected chi connectivity index (χ3v) is 5.56. The second kappa shape index (κ2) is 6.00. The van der Waals surface area contributed by atoms with Gasteiger partial charge in [-0.15, -0.1) is 0 Å². The molecule has 0 aromatic heterocycles. The van der Waals surface area contributed by atoms with Crippen LogP contribution in [0.4, 0.5) is 0 Å². The van der Waals surface area contributed by atoms with E-state index in [1.165, 1.54) is 0 Å². The number of carbonyl (C=O) groups is 1. The van der Waals surface area contributed by atoms with Crippen LogP contribution in [0, 0.1) is 5.41 Å². The summed E-state index contributed by atoms with van der Waals surface area (Å²) in [5.74, 6) is 0.593. The summed E-state index contributed by atoms with van der Waals surface area (Å²) in [5, 5.41) is 9.92. The number of aliphatic carboxylic acids is 1. The van der Waals surface area contributed by atoms with Gasteiger partial charge in [0.15, 0.2) is 11.5 Å². The molecule has 0 amide bonds. The molecule has 0 bridgehead atoms. The SMILES string of the molecule is CC1(C)COc2cc(Br)c(C3(C(=O)O)CCCCC3)cc2OC1. The highest BCUT2D eigenvalue weighted by atomic mass is 79.9. The van der Waals surface area contributed by atoms with E-state index in [1.54, 1.807) is 0 Å². The Labute approximate surface area is 145 Å². The van der Waals surface area contributed by atoms with Gasteiger partial charge in [-0.3, -0.25) is 4.79 Å². The molecule has 0 spiro atoms. The number of rotatable bonds is 2. The van der Waals surface area contributed by atoms with Crippen LogP contribution in [-0.2, 0) is 10.2 Å². The standard InChI is InChI=1S/C18H23BrO4/c1-17(2)10-22-14-8-12(13(19)9-15(14)23-11-17)18(16(20)21)6-4-3-5-7-18/h8-9H,3-7,10-11H2,1-2H3,(H,20,21). The van der Waals surface area contributed by atoms with Gasteiger partial charge in [0.05, 0.1) is 18.6 Å². The first kappa shape index (κ1) is 16.6. The van der Waals surface area contributed by atoms with Crippen molar-refractivity contribution >= 4 is 21.9 Å². The fraction of sp³-hybridized carbons (Fsp3) is 0.611. The Morgan fingerprint density at radius 1 is 1.09 bits per heavy atom. The van der Waals surface area contributed by atoms with Crippen molar-refractivity contribution in [2.24, 2.45) is 5.41 Å². The molecule has 1 aliphatic heterocycles. The van der Waals surface area contributed by atoms with Crippen molar-refractivity contribution < 1.29 is 19.4 Å². The molecular weight excluding hydrogens is 360 g/mol. The molecule has 0 radical (unpaired) electrons. The Bertz CT molecular complexity index is 618. The van der Waals surface area contributed by atoms with Crippen molar-refractivity contribution in [1.29, 1.82) is 0 Å². The summed E-state index contributed by atoms with van der Waals surface area (Å²) in [6.07, 6.45) is 4.34. The van der Waals surface area contributed by atoms with Gasteiger partial charge < -0.3 is 14.6 Å². The van der Waals surface area contributed by atoms with E-state index in [1.807, 2.05) is 12.1 Å². The van der Waals surface area contributed by atoms with Gasteiger partial charge in [-0.25, -0.2) is 0 Å². The maximum Gasteiger partial charge on any atom is 0.314 e. The highest BCUT2D eigenvalue weighted by Crippen LogP contribution is 2.47. The molecule has 23 heavy (non-hydrogen) atoms. The predicted molar refractivity (Wildman–Crippen MR) is 91.3 cm³/mol. The van der Waals surface area contributed by atoms with Crippen LogP contribution in [0.25, 0.3) is 0 Å². The quantitative estimate of drug-likeness (QED) is 0.815.